The molecular weight excluding hydrogens is 391 g/mol. The quantitative estimate of drug-likeness (QED) is 0.636. The third-order valence-corrected chi connectivity index (χ3v) is 4.00. The van der Waals surface area contributed by atoms with E-state index in [2.05, 4.69) is 16.7 Å². The molecule has 2 aromatic carbocycles. The second-order valence-corrected chi connectivity index (χ2v) is 5.73. The van der Waals surface area contributed by atoms with Gasteiger partial charge in [0.2, 0.25) is 0 Å². The van der Waals surface area contributed by atoms with E-state index in [4.69, 9.17) is 0 Å². The molecule has 0 radical (unpaired) electrons. The summed E-state index contributed by atoms with van der Waals surface area (Å²) >= 11 is 0. The largest absolute Gasteiger partial charge is 3.00 e. The molecule has 0 aliphatic rings. The normalized spacial score (nSPS) is 10.2. The fraction of sp³-hybridized carbons (Fsp3) is 0.158. The SMILES string of the molecule is Cc1cccc(C)c1NC(=O)Nc1[c-]c2ccccc2n(C)c1=O.[Y+3]. The number of carbonyl (C=O) groups excluding carboxylic acids is 1. The molecule has 0 bridgehead atoms. The van der Waals surface area contributed by atoms with E-state index in [1.807, 2.05) is 56.3 Å². The number of nitrogens with zero attached hydrogens (tertiary/aromatic N) is 1. The molecule has 1 aromatic heterocycles. The first kappa shape index (κ1) is 19.3. The van der Waals surface area contributed by atoms with E-state index in [1.165, 1.54) is 4.57 Å². The Hall–Kier alpha value is -1.98. The Morgan fingerprint density at radius 3 is 2.32 bits per heavy atom. The number of aromatic nitrogens is 1. The number of amides is 2. The summed E-state index contributed by atoms with van der Waals surface area (Å²) < 4.78 is 1.50. The smallest absolute Gasteiger partial charge is 0.390 e. The van der Waals surface area contributed by atoms with Crippen molar-refractivity contribution in [3.63, 3.8) is 0 Å². The third kappa shape index (κ3) is 3.99. The molecule has 0 atom stereocenters. The van der Waals surface area contributed by atoms with Crippen LogP contribution in [0.2, 0.25) is 0 Å². The maximum absolute atomic E-state index is 12.4. The van der Waals surface area contributed by atoms with Crippen molar-refractivity contribution >= 4 is 28.3 Å². The molecule has 0 saturated carbocycles. The van der Waals surface area contributed by atoms with Crippen LogP contribution in [0, 0.1) is 19.9 Å². The van der Waals surface area contributed by atoms with Gasteiger partial charge in [-0.1, -0.05) is 30.3 Å². The molecule has 0 aliphatic heterocycles. The van der Waals surface area contributed by atoms with E-state index in [-0.39, 0.29) is 44.0 Å². The van der Waals surface area contributed by atoms with Gasteiger partial charge >= 0.3 is 38.7 Å². The number of urea groups is 1. The summed E-state index contributed by atoms with van der Waals surface area (Å²) in [6.45, 7) is 3.84. The number of carbonyl (C=O) groups is 1. The molecule has 25 heavy (non-hydrogen) atoms. The maximum Gasteiger partial charge on any atom is 3.00 e. The van der Waals surface area contributed by atoms with Crippen molar-refractivity contribution in [3.8, 4) is 0 Å². The molecule has 3 aromatic rings. The molecule has 1 heterocycles. The van der Waals surface area contributed by atoms with Crippen LogP contribution in [0.1, 0.15) is 11.1 Å². The molecule has 2 N–H and O–H groups in total. The number of fused-ring (bicyclic) bond motifs is 1. The van der Waals surface area contributed by atoms with Crippen LogP contribution >= 0.6 is 0 Å². The zero-order valence-electron chi connectivity index (χ0n) is 14.4. The molecular formula is C19H18N3O2Y+2. The van der Waals surface area contributed by atoms with Gasteiger partial charge in [-0.15, -0.1) is 23.6 Å². The van der Waals surface area contributed by atoms with Gasteiger partial charge in [-0.25, -0.2) is 4.79 Å². The number of anilines is 2. The molecule has 3 rings (SSSR count). The molecule has 0 unspecified atom stereocenters. The predicted molar refractivity (Wildman–Crippen MR) is 96.6 cm³/mol. The van der Waals surface area contributed by atoms with Crippen molar-refractivity contribution in [1.29, 1.82) is 0 Å². The van der Waals surface area contributed by atoms with E-state index in [1.54, 1.807) is 7.05 Å². The number of rotatable bonds is 2. The number of nitrogens with one attached hydrogen (secondary N) is 2. The molecule has 5 nitrogen and oxygen atoms in total. The minimum atomic E-state index is -0.462. The minimum absolute atomic E-state index is 0. The van der Waals surface area contributed by atoms with E-state index in [0.717, 1.165) is 27.7 Å². The summed E-state index contributed by atoms with van der Waals surface area (Å²) in [5, 5.41) is 6.18. The fourth-order valence-electron chi connectivity index (χ4n) is 2.69. The maximum atomic E-state index is 12.4. The van der Waals surface area contributed by atoms with Crippen molar-refractivity contribution in [1.82, 2.24) is 4.57 Å². The van der Waals surface area contributed by atoms with Crippen LogP contribution in [0.4, 0.5) is 16.2 Å². The Morgan fingerprint density at radius 2 is 1.64 bits per heavy atom. The summed E-state index contributed by atoms with van der Waals surface area (Å²) in [5.41, 5.74) is 3.25. The second kappa shape index (κ2) is 7.94. The Bertz CT molecular complexity index is 975. The molecule has 122 valence electrons. The van der Waals surface area contributed by atoms with Gasteiger partial charge in [-0.2, -0.15) is 0 Å². The number of para-hydroxylation sites is 2. The van der Waals surface area contributed by atoms with Gasteiger partial charge in [0.25, 0.3) is 0 Å². The zero-order valence-corrected chi connectivity index (χ0v) is 17.2. The van der Waals surface area contributed by atoms with Gasteiger partial charge in [-0.05, 0) is 37.5 Å². The van der Waals surface area contributed by atoms with E-state index < -0.39 is 6.03 Å². The molecule has 0 aliphatic carbocycles. The first-order chi connectivity index (χ1) is 11.5. The van der Waals surface area contributed by atoms with Gasteiger partial charge in [-0.3, -0.25) is 0 Å². The van der Waals surface area contributed by atoms with Crippen LogP contribution in [0.25, 0.3) is 10.9 Å². The average Bonchev–Trinajstić information content (AvgIpc) is 2.56. The topological polar surface area (TPSA) is 63.1 Å². The second-order valence-electron chi connectivity index (χ2n) is 5.73. The van der Waals surface area contributed by atoms with Crippen molar-refractivity contribution in [2.45, 2.75) is 13.8 Å². The number of pyridine rings is 1. The van der Waals surface area contributed by atoms with Crippen LogP contribution in [0.5, 0.6) is 0 Å². The Morgan fingerprint density at radius 1 is 1.00 bits per heavy atom. The van der Waals surface area contributed by atoms with Gasteiger partial charge in [0.1, 0.15) is 0 Å². The van der Waals surface area contributed by atoms with E-state index in [9.17, 15) is 9.59 Å². The van der Waals surface area contributed by atoms with E-state index >= 15 is 0 Å². The average molecular weight is 409 g/mol. The standard InChI is InChI=1S/C19H18N3O2.Y/c1-12-7-6-8-13(2)17(12)21-19(24)20-15-11-14-9-4-5-10-16(14)22(3)18(15)23;/h4-10H,1-3H3,(H2,20,21,24);/q-1;+3. The summed E-state index contributed by atoms with van der Waals surface area (Å²) in [4.78, 5) is 24.7. The number of aryl methyl sites for hydroxylation is 3. The first-order valence-corrected chi connectivity index (χ1v) is 7.62. The third-order valence-electron chi connectivity index (χ3n) is 4.00. The van der Waals surface area contributed by atoms with Crippen LogP contribution in [-0.4, -0.2) is 10.6 Å². The Kier molecular flexibility index (Phi) is 6.14. The number of benzene rings is 2. The van der Waals surface area contributed by atoms with Crippen molar-refractivity contribution in [3.05, 3.63) is 70.0 Å². The van der Waals surface area contributed by atoms with Crippen LogP contribution in [-0.2, 0) is 39.8 Å². The van der Waals surface area contributed by atoms with Gasteiger partial charge < -0.3 is 20.0 Å². The first-order valence-electron chi connectivity index (χ1n) is 7.62. The molecule has 0 spiro atoms. The van der Waals surface area contributed by atoms with Crippen molar-refractivity contribution in [2.24, 2.45) is 7.05 Å². The van der Waals surface area contributed by atoms with Gasteiger partial charge in [0.05, 0.1) is 0 Å². The van der Waals surface area contributed by atoms with Crippen LogP contribution < -0.4 is 16.2 Å². The fourth-order valence-corrected chi connectivity index (χ4v) is 2.69. The summed E-state index contributed by atoms with van der Waals surface area (Å²) in [7, 11) is 1.67. The van der Waals surface area contributed by atoms with Crippen LogP contribution in [0.3, 0.4) is 0 Å². The minimum Gasteiger partial charge on any atom is -0.390 e. The monoisotopic (exact) mass is 409 g/mol. The molecule has 0 saturated heterocycles. The van der Waals surface area contributed by atoms with Crippen LogP contribution in [0.15, 0.2) is 47.3 Å². The Balaban J connectivity index is 0.00000225. The molecule has 6 heteroatoms. The summed E-state index contributed by atoms with van der Waals surface area (Å²) in [5.74, 6) is 0. The van der Waals surface area contributed by atoms with Gasteiger partial charge in [0, 0.05) is 11.4 Å². The van der Waals surface area contributed by atoms with Crippen molar-refractivity contribution in [2.75, 3.05) is 10.6 Å². The van der Waals surface area contributed by atoms with E-state index in [0.29, 0.717) is 0 Å². The predicted octanol–water partition coefficient (Wildman–Crippen LogP) is 3.60. The van der Waals surface area contributed by atoms with Crippen molar-refractivity contribution < 1.29 is 37.5 Å². The number of hydrogen-bond donors (Lipinski definition) is 2. The zero-order chi connectivity index (χ0) is 17.3. The van der Waals surface area contributed by atoms with Gasteiger partial charge in [0.15, 0.2) is 5.56 Å². The summed E-state index contributed by atoms with van der Waals surface area (Å²) in [6.07, 6.45) is 0. The Labute approximate surface area is 171 Å². The number of hydrogen-bond acceptors (Lipinski definition) is 2. The summed E-state index contributed by atoms with van der Waals surface area (Å²) in [6, 6.07) is 15.7. The molecule has 2 amide bonds. The molecule has 0 fully saturated rings.